The van der Waals surface area contributed by atoms with E-state index >= 15 is 0 Å². The Morgan fingerprint density at radius 3 is 2.48 bits per heavy atom. The summed E-state index contributed by atoms with van der Waals surface area (Å²) in [6, 6.07) is 16.6. The van der Waals surface area contributed by atoms with Gasteiger partial charge in [-0.3, -0.25) is 20.4 Å². The van der Waals surface area contributed by atoms with E-state index in [4.69, 9.17) is 4.74 Å². The Balaban J connectivity index is 1.50. The lowest BCUT2D eigenvalue weighted by Gasteiger charge is -2.07. The van der Waals surface area contributed by atoms with Gasteiger partial charge in [0.1, 0.15) is 5.75 Å². The number of rotatable bonds is 7. The van der Waals surface area contributed by atoms with Gasteiger partial charge >= 0.3 is 0 Å². The number of benzene rings is 2. The van der Waals surface area contributed by atoms with E-state index in [9.17, 15) is 14.7 Å². The van der Waals surface area contributed by atoms with Crippen LogP contribution in [0.3, 0.4) is 0 Å². The van der Waals surface area contributed by atoms with Gasteiger partial charge in [0.2, 0.25) is 5.91 Å². The molecule has 1 heterocycles. The van der Waals surface area contributed by atoms with Crippen molar-refractivity contribution in [3.63, 3.8) is 0 Å². The molecule has 150 valence electrons. The number of carbonyl (C=O) groups excluding carboxylic acids is 2. The number of nitrogens with zero attached hydrogens (tertiary/aromatic N) is 2. The van der Waals surface area contributed by atoms with Gasteiger partial charge in [-0.25, -0.2) is 4.68 Å². The maximum Gasteiger partial charge on any atom is 0.294 e. The molecule has 8 heteroatoms. The molecule has 3 rings (SSSR count). The molecule has 0 spiro atoms. The van der Waals surface area contributed by atoms with E-state index in [2.05, 4.69) is 16.0 Å². The number of para-hydroxylation sites is 1. The first-order chi connectivity index (χ1) is 14.1. The van der Waals surface area contributed by atoms with Gasteiger partial charge in [-0.15, -0.1) is 0 Å². The summed E-state index contributed by atoms with van der Waals surface area (Å²) in [5, 5.41) is 14.0. The number of hydrogen-bond donors (Lipinski definition) is 3. The van der Waals surface area contributed by atoms with Crippen LogP contribution < -0.4 is 15.6 Å². The lowest BCUT2D eigenvalue weighted by Crippen LogP contribution is -2.42. The maximum absolute atomic E-state index is 12.2. The second kappa shape index (κ2) is 9.41. The summed E-state index contributed by atoms with van der Waals surface area (Å²) in [5.41, 5.74) is 6.10. The third kappa shape index (κ3) is 5.35. The standard InChI is InChI=1S/C21H22N4O4/c1-2-29-17-11-8-15(9-12-17)10-13-19(27)22-23-21(28)20-18(26)14-25(24-20)16-6-4-3-5-7-16/h3-9,11-12,14,26H,2,10,13H2,1H3,(H,22,27)(H,23,28). The van der Waals surface area contributed by atoms with E-state index in [0.717, 1.165) is 11.3 Å². The van der Waals surface area contributed by atoms with Crippen LogP contribution in [0.15, 0.2) is 60.8 Å². The van der Waals surface area contributed by atoms with Gasteiger partial charge in [0, 0.05) is 6.42 Å². The first-order valence-corrected chi connectivity index (χ1v) is 9.22. The highest BCUT2D eigenvalue weighted by atomic mass is 16.5. The molecule has 0 radical (unpaired) electrons. The number of aromatic hydroxyl groups is 1. The molecule has 0 aliphatic heterocycles. The summed E-state index contributed by atoms with van der Waals surface area (Å²) in [5.74, 6) is -0.557. The number of aryl methyl sites for hydroxylation is 1. The smallest absolute Gasteiger partial charge is 0.294 e. The van der Waals surface area contributed by atoms with Crippen molar-refractivity contribution in [3.05, 3.63) is 72.1 Å². The molecule has 0 saturated heterocycles. The first kappa shape index (κ1) is 19.9. The molecule has 3 aromatic rings. The van der Waals surface area contributed by atoms with Crippen molar-refractivity contribution in [3.8, 4) is 17.2 Å². The van der Waals surface area contributed by atoms with E-state index in [1.165, 1.54) is 10.9 Å². The molecular formula is C21H22N4O4. The Labute approximate surface area is 168 Å². The molecule has 8 nitrogen and oxygen atoms in total. The first-order valence-electron chi connectivity index (χ1n) is 9.22. The van der Waals surface area contributed by atoms with Crippen LogP contribution in [0.25, 0.3) is 5.69 Å². The fourth-order valence-electron chi connectivity index (χ4n) is 2.66. The summed E-state index contributed by atoms with van der Waals surface area (Å²) in [7, 11) is 0. The normalized spacial score (nSPS) is 10.4. The van der Waals surface area contributed by atoms with Gasteiger partial charge in [-0.05, 0) is 43.2 Å². The third-order valence-electron chi connectivity index (χ3n) is 4.12. The highest BCUT2D eigenvalue weighted by molar-refractivity contribution is 5.95. The molecule has 1 aromatic heterocycles. The van der Waals surface area contributed by atoms with Gasteiger partial charge in [-0.2, -0.15) is 5.10 Å². The zero-order valence-corrected chi connectivity index (χ0v) is 16.0. The fraction of sp³-hybridized carbons (Fsp3) is 0.190. The van der Waals surface area contributed by atoms with Crippen LogP contribution in [0, 0.1) is 0 Å². The SMILES string of the molecule is CCOc1ccc(CCC(=O)NNC(=O)c2nn(-c3ccccc3)cc2O)cc1. The molecule has 2 amide bonds. The van der Waals surface area contributed by atoms with Crippen LogP contribution in [0.5, 0.6) is 11.5 Å². The van der Waals surface area contributed by atoms with Crippen molar-refractivity contribution >= 4 is 11.8 Å². The van der Waals surface area contributed by atoms with E-state index in [0.29, 0.717) is 18.7 Å². The summed E-state index contributed by atoms with van der Waals surface area (Å²) < 4.78 is 6.77. The largest absolute Gasteiger partial charge is 0.504 e. The number of hydrazine groups is 1. The zero-order chi connectivity index (χ0) is 20.6. The molecular weight excluding hydrogens is 372 g/mol. The predicted molar refractivity (Wildman–Crippen MR) is 107 cm³/mol. The average molecular weight is 394 g/mol. The molecule has 3 N–H and O–H groups in total. The van der Waals surface area contributed by atoms with Crippen LogP contribution in [-0.4, -0.2) is 33.3 Å². The van der Waals surface area contributed by atoms with Gasteiger partial charge in [0.05, 0.1) is 18.5 Å². The highest BCUT2D eigenvalue weighted by Gasteiger charge is 2.17. The second-order valence-electron chi connectivity index (χ2n) is 6.22. The summed E-state index contributed by atoms with van der Waals surface area (Å²) in [4.78, 5) is 24.2. The minimum Gasteiger partial charge on any atom is -0.504 e. The van der Waals surface area contributed by atoms with E-state index in [1.807, 2.05) is 49.4 Å². The lowest BCUT2D eigenvalue weighted by atomic mass is 10.1. The predicted octanol–water partition coefficient (Wildman–Crippen LogP) is 2.37. The van der Waals surface area contributed by atoms with Crippen molar-refractivity contribution in [1.29, 1.82) is 0 Å². The molecule has 0 bridgehead atoms. The van der Waals surface area contributed by atoms with Crippen LogP contribution in [0.4, 0.5) is 0 Å². The fourth-order valence-corrected chi connectivity index (χ4v) is 2.66. The van der Waals surface area contributed by atoms with Crippen molar-refractivity contribution in [2.45, 2.75) is 19.8 Å². The van der Waals surface area contributed by atoms with E-state index < -0.39 is 5.91 Å². The number of ether oxygens (including phenoxy) is 1. The third-order valence-corrected chi connectivity index (χ3v) is 4.12. The Bertz CT molecular complexity index is 968. The molecule has 0 fully saturated rings. The Kier molecular flexibility index (Phi) is 6.47. The van der Waals surface area contributed by atoms with Crippen molar-refractivity contribution < 1.29 is 19.4 Å². The average Bonchev–Trinajstić information content (AvgIpc) is 3.14. The minimum atomic E-state index is -0.702. The van der Waals surface area contributed by atoms with Crippen LogP contribution >= 0.6 is 0 Å². The second-order valence-corrected chi connectivity index (χ2v) is 6.22. The van der Waals surface area contributed by atoms with Crippen molar-refractivity contribution in [2.75, 3.05) is 6.61 Å². The molecule has 2 aromatic carbocycles. The molecule has 0 saturated carbocycles. The Morgan fingerprint density at radius 1 is 1.07 bits per heavy atom. The Morgan fingerprint density at radius 2 is 1.79 bits per heavy atom. The zero-order valence-electron chi connectivity index (χ0n) is 16.0. The molecule has 29 heavy (non-hydrogen) atoms. The van der Waals surface area contributed by atoms with Crippen LogP contribution in [0.1, 0.15) is 29.4 Å². The monoisotopic (exact) mass is 394 g/mol. The van der Waals surface area contributed by atoms with Gasteiger partial charge < -0.3 is 9.84 Å². The van der Waals surface area contributed by atoms with Gasteiger partial charge in [0.25, 0.3) is 5.91 Å². The van der Waals surface area contributed by atoms with Crippen LogP contribution in [0.2, 0.25) is 0 Å². The van der Waals surface area contributed by atoms with Crippen molar-refractivity contribution in [1.82, 2.24) is 20.6 Å². The topological polar surface area (TPSA) is 105 Å². The molecule has 0 aliphatic carbocycles. The van der Waals surface area contributed by atoms with Gasteiger partial charge in [0.15, 0.2) is 11.4 Å². The maximum atomic E-state index is 12.2. The van der Waals surface area contributed by atoms with Crippen LogP contribution in [-0.2, 0) is 11.2 Å². The number of amides is 2. The summed E-state index contributed by atoms with van der Waals surface area (Å²) in [6.45, 7) is 2.51. The lowest BCUT2D eigenvalue weighted by molar-refractivity contribution is -0.121. The summed E-state index contributed by atoms with van der Waals surface area (Å²) in [6.07, 6.45) is 2.04. The number of hydrogen-bond acceptors (Lipinski definition) is 5. The Hall–Kier alpha value is -3.81. The number of nitrogens with one attached hydrogen (secondary N) is 2. The summed E-state index contributed by atoms with van der Waals surface area (Å²) >= 11 is 0. The molecule has 0 aliphatic rings. The minimum absolute atomic E-state index is 0.180. The van der Waals surface area contributed by atoms with E-state index in [1.54, 1.807) is 12.1 Å². The van der Waals surface area contributed by atoms with E-state index in [-0.39, 0.29) is 23.8 Å². The quantitative estimate of drug-likeness (QED) is 0.534. The highest BCUT2D eigenvalue weighted by Crippen LogP contribution is 2.17. The number of aromatic nitrogens is 2. The molecule has 0 atom stereocenters. The van der Waals surface area contributed by atoms with Crippen molar-refractivity contribution in [2.24, 2.45) is 0 Å². The number of carbonyl (C=O) groups is 2. The molecule has 0 unspecified atom stereocenters. The van der Waals surface area contributed by atoms with Gasteiger partial charge in [-0.1, -0.05) is 30.3 Å².